The third kappa shape index (κ3) is 3.13. The van der Waals surface area contributed by atoms with Crippen LogP contribution in [-0.4, -0.2) is 25.6 Å². The standard InChI is InChI=1S/C19H19N5O3S/c1-3-24-10(2)11(9-20-24)14-8-15(16-17(25)23-19(27)28-18(16)26)22-13-7-5-4-6-12(13)21-14/h4-7,9,14,21,26H,3,8H2,1-2H3,(H,23,25,27)/t14-/m1/s1. The maximum absolute atomic E-state index is 12.4. The first kappa shape index (κ1) is 18.2. The van der Waals surface area contributed by atoms with Crippen molar-refractivity contribution in [2.45, 2.75) is 32.9 Å². The summed E-state index contributed by atoms with van der Waals surface area (Å²) < 4.78 is 1.91. The average Bonchev–Trinajstić information content (AvgIpc) is 2.91. The second-order valence-electron chi connectivity index (χ2n) is 6.50. The lowest BCUT2D eigenvalue weighted by atomic mass is 9.99. The molecule has 1 aromatic carbocycles. The number of anilines is 1. The number of rotatable bonds is 3. The van der Waals surface area contributed by atoms with Crippen molar-refractivity contribution in [2.24, 2.45) is 4.99 Å². The van der Waals surface area contributed by atoms with E-state index in [-0.39, 0.29) is 16.7 Å². The van der Waals surface area contributed by atoms with Gasteiger partial charge in [-0.05, 0) is 37.3 Å². The number of para-hydroxylation sites is 2. The summed E-state index contributed by atoms with van der Waals surface area (Å²) in [5.74, 6) is 0. The first-order valence-corrected chi connectivity index (χ1v) is 9.71. The number of aromatic amines is 1. The molecule has 3 N–H and O–H groups in total. The summed E-state index contributed by atoms with van der Waals surface area (Å²) in [5.41, 5.74) is 3.32. The fourth-order valence-electron chi connectivity index (χ4n) is 3.46. The number of aromatic nitrogens is 3. The Morgan fingerprint density at radius 3 is 2.82 bits per heavy atom. The Bertz CT molecular complexity index is 1190. The third-order valence-electron chi connectivity index (χ3n) is 4.84. The Hall–Kier alpha value is -3.20. The van der Waals surface area contributed by atoms with Gasteiger partial charge in [0.1, 0.15) is 5.56 Å². The second-order valence-corrected chi connectivity index (χ2v) is 7.46. The van der Waals surface area contributed by atoms with Crippen LogP contribution >= 0.6 is 11.3 Å². The zero-order valence-corrected chi connectivity index (χ0v) is 16.2. The van der Waals surface area contributed by atoms with Crippen LogP contribution in [0.25, 0.3) is 0 Å². The van der Waals surface area contributed by atoms with E-state index in [1.807, 2.05) is 49.0 Å². The number of hydrogen-bond acceptors (Lipinski definition) is 7. The van der Waals surface area contributed by atoms with E-state index in [9.17, 15) is 14.7 Å². The summed E-state index contributed by atoms with van der Waals surface area (Å²) in [4.78, 5) is 30.2. The number of nitrogens with zero attached hydrogens (tertiary/aromatic N) is 3. The van der Waals surface area contributed by atoms with E-state index in [4.69, 9.17) is 0 Å². The minimum absolute atomic E-state index is 0.0358. The lowest BCUT2D eigenvalue weighted by Crippen LogP contribution is -2.25. The van der Waals surface area contributed by atoms with E-state index in [1.165, 1.54) is 0 Å². The lowest BCUT2D eigenvalue weighted by Gasteiger charge is -2.19. The summed E-state index contributed by atoms with van der Waals surface area (Å²) in [6.45, 7) is 4.78. The second kappa shape index (κ2) is 7.08. The van der Waals surface area contributed by atoms with Crippen LogP contribution in [0.2, 0.25) is 0 Å². The first-order chi connectivity index (χ1) is 13.5. The molecule has 0 radical (unpaired) electrons. The summed E-state index contributed by atoms with van der Waals surface area (Å²) in [6, 6.07) is 7.32. The summed E-state index contributed by atoms with van der Waals surface area (Å²) >= 11 is 0.589. The Kier molecular flexibility index (Phi) is 4.60. The summed E-state index contributed by atoms with van der Waals surface area (Å²) in [5, 5.41) is 17.9. The monoisotopic (exact) mass is 397 g/mol. The van der Waals surface area contributed by atoms with Gasteiger partial charge in [-0.25, -0.2) is 0 Å². The molecule has 1 aliphatic rings. The predicted molar refractivity (Wildman–Crippen MR) is 109 cm³/mol. The molecule has 3 aromatic rings. The molecule has 2 aromatic heterocycles. The highest BCUT2D eigenvalue weighted by molar-refractivity contribution is 7.11. The topological polar surface area (TPSA) is 112 Å². The maximum Gasteiger partial charge on any atom is 0.310 e. The van der Waals surface area contributed by atoms with Gasteiger partial charge in [-0.2, -0.15) is 5.10 Å². The van der Waals surface area contributed by atoms with Gasteiger partial charge in [-0.15, -0.1) is 0 Å². The van der Waals surface area contributed by atoms with Crippen LogP contribution in [0.5, 0.6) is 5.06 Å². The number of nitrogens with one attached hydrogen (secondary N) is 2. The quantitative estimate of drug-likeness (QED) is 0.629. The van der Waals surface area contributed by atoms with Gasteiger partial charge in [0.25, 0.3) is 5.56 Å². The fourth-order valence-corrected chi connectivity index (χ4v) is 4.09. The average molecular weight is 397 g/mol. The van der Waals surface area contributed by atoms with Gasteiger partial charge >= 0.3 is 4.87 Å². The van der Waals surface area contributed by atoms with Crippen LogP contribution in [0, 0.1) is 6.92 Å². The lowest BCUT2D eigenvalue weighted by molar-refractivity contribution is 0.487. The molecule has 9 heteroatoms. The van der Waals surface area contributed by atoms with Crippen LogP contribution < -0.4 is 15.7 Å². The van der Waals surface area contributed by atoms with Crippen molar-refractivity contribution in [3.05, 3.63) is 67.3 Å². The maximum atomic E-state index is 12.4. The van der Waals surface area contributed by atoms with Crippen molar-refractivity contribution in [1.29, 1.82) is 0 Å². The zero-order chi connectivity index (χ0) is 19.8. The van der Waals surface area contributed by atoms with Crippen molar-refractivity contribution < 1.29 is 5.11 Å². The molecule has 4 rings (SSSR count). The highest BCUT2D eigenvalue weighted by atomic mass is 32.1. The van der Waals surface area contributed by atoms with Crippen LogP contribution in [-0.2, 0) is 6.54 Å². The third-order valence-corrected chi connectivity index (χ3v) is 5.52. The van der Waals surface area contributed by atoms with Crippen molar-refractivity contribution in [2.75, 3.05) is 5.32 Å². The van der Waals surface area contributed by atoms with Crippen LogP contribution in [0.3, 0.4) is 0 Å². The van der Waals surface area contributed by atoms with Gasteiger partial charge in [-0.3, -0.25) is 24.2 Å². The largest absolute Gasteiger partial charge is 0.499 e. The number of aliphatic imine (C=N–C) groups is 1. The smallest absolute Gasteiger partial charge is 0.310 e. The van der Waals surface area contributed by atoms with Crippen molar-refractivity contribution in [3.8, 4) is 5.06 Å². The van der Waals surface area contributed by atoms with Gasteiger partial charge in [0.2, 0.25) is 0 Å². The highest BCUT2D eigenvalue weighted by Gasteiger charge is 2.27. The Balaban J connectivity index is 1.89. The molecule has 0 amide bonds. The molecule has 3 heterocycles. The van der Waals surface area contributed by atoms with Gasteiger partial charge in [-0.1, -0.05) is 12.1 Å². The molecule has 0 saturated carbocycles. The molecule has 0 spiro atoms. The van der Waals surface area contributed by atoms with E-state index in [0.717, 1.165) is 23.5 Å². The fraction of sp³-hybridized carbons (Fsp3) is 0.263. The number of benzene rings is 1. The van der Waals surface area contributed by atoms with E-state index < -0.39 is 10.4 Å². The molecule has 8 nitrogen and oxygen atoms in total. The number of hydrogen-bond donors (Lipinski definition) is 3. The molecular weight excluding hydrogens is 378 g/mol. The van der Waals surface area contributed by atoms with Gasteiger partial charge in [0, 0.05) is 24.2 Å². The molecule has 0 unspecified atom stereocenters. The molecule has 0 aliphatic carbocycles. The number of aryl methyl sites for hydroxylation is 1. The number of fused-ring (bicyclic) bond motifs is 1. The molecule has 1 aliphatic heterocycles. The van der Waals surface area contributed by atoms with E-state index in [2.05, 4.69) is 20.4 Å². The summed E-state index contributed by atoms with van der Waals surface area (Å²) in [7, 11) is 0. The van der Waals surface area contributed by atoms with E-state index in [0.29, 0.717) is 29.2 Å². The number of H-pyrrole nitrogens is 1. The molecular formula is C19H19N5O3S. The van der Waals surface area contributed by atoms with Crippen LogP contribution in [0.15, 0.2) is 45.0 Å². The van der Waals surface area contributed by atoms with E-state index in [1.54, 1.807) is 0 Å². The molecule has 0 saturated heterocycles. The molecule has 1 atom stereocenters. The molecule has 0 bridgehead atoms. The van der Waals surface area contributed by atoms with Crippen molar-refractivity contribution in [1.82, 2.24) is 14.8 Å². The van der Waals surface area contributed by atoms with Gasteiger partial charge in [0.05, 0.1) is 29.3 Å². The Morgan fingerprint density at radius 2 is 2.11 bits per heavy atom. The van der Waals surface area contributed by atoms with Gasteiger partial charge in [0.15, 0.2) is 5.06 Å². The molecule has 144 valence electrons. The number of aromatic hydroxyl groups is 1. The van der Waals surface area contributed by atoms with Crippen LogP contribution in [0.1, 0.15) is 36.2 Å². The minimum atomic E-state index is -0.640. The van der Waals surface area contributed by atoms with Gasteiger partial charge < -0.3 is 10.4 Å². The highest BCUT2D eigenvalue weighted by Crippen LogP contribution is 2.36. The molecule has 28 heavy (non-hydrogen) atoms. The SMILES string of the molecule is CCn1ncc([C@H]2CC(c3c(O)sc(=O)[nH]c3=O)=Nc3ccccc3N2)c1C. The van der Waals surface area contributed by atoms with Crippen molar-refractivity contribution >= 4 is 28.4 Å². The Morgan fingerprint density at radius 1 is 1.32 bits per heavy atom. The zero-order valence-electron chi connectivity index (χ0n) is 15.4. The molecule has 0 fully saturated rings. The van der Waals surface area contributed by atoms with Crippen molar-refractivity contribution in [3.63, 3.8) is 0 Å². The predicted octanol–water partition coefficient (Wildman–Crippen LogP) is 2.70. The Labute approximate surface area is 164 Å². The normalized spacial score (nSPS) is 16.1. The van der Waals surface area contributed by atoms with Crippen LogP contribution in [0.4, 0.5) is 11.4 Å². The summed E-state index contributed by atoms with van der Waals surface area (Å²) in [6.07, 6.45) is 2.17. The minimum Gasteiger partial charge on any atom is -0.499 e. The first-order valence-electron chi connectivity index (χ1n) is 8.90. The van der Waals surface area contributed by atoms with E-state index >= 15 is 0 Å².